The Labute approximate surface area is 102 Å². The van der Waals surface area contributed by atoms with Crippen molar-refractivity contribution in [3.8, 4) is 0 Å². The summed E-state index contributed by atoms with van der Waals surface area (Å²) in [6.07, 6.45) is 7.32. The lowest BCUT2D eigenvalue weighted by atomic mass is 9.97. The van der Waals surface area contributed by atoms with Gasteiger partial charge in [-0.05, 0) is 18.8 Å². The molecule has 0 spiro atoms. The summed E-state index contributed by atoms with van der Waals surface area (Å²) in [4.78, 5) is 11.0. The van der Waals surface area contributed by atoms with Gasteiger partial charge in [0.05, 0.1) is 6.61 Å². The number of carbonyl (C=O) groups excluding carboxylic acids is 1. The molecule has 0 aliphatic carbocycles. The highest BCUT2D eigenvalue weighted by molar-refractivity contribution is 9.09. The van der Waals surface area contributed by atoms with Gasteiger partial charge in [0, 0.05) is 0 Å². The first-order valence-corrected chi connectivity index (χ1v) is 7.08. The molecule has 0 fully saturated rings. The van der Waals surface area contributed by atoms with Gasteiger partial charge in [-0.25, -0.2) is 0 Å². The lowest BCUT2D eigenvalue weighted by molar-refractivity contribution is -0.141. The van der Waals surface area contributed by atoms with E-state index in [0.717, 1.165) is 0 Å². The molecule has 15 heavy (non-hydrogen) atoms. The summed E-state index contributed by atoms with van der Waals surface area (Å²) in [5.74, 6) is 0.413. The topological polar surface area (TPSA) is 26.3 Å². The van der Waals surface area contributed by atoms with Gasteiger partial charge in [-0.2, -0.15) is 0 Å². The van der Waals surface area contributed by atoms with Gasteiger partial charge in [-0.3, -0.25) is 4.79 Å². The number of halogens is 1. The van der Waals surface area contributed by atoms with Crippen molar-refractivity contribution in [2.24, 2.45) is 5.92 Å². The van der Waals surface area contributed by atoms with Crippen LogP contribution in [0.5, 0.6) is 0 Å². The molecular weight excluding hydrogens is 256 g/mol. The van der Waals surface area contributed by atoms with Crippen LogP contribution in [0.4, 0.5) is 0 Å². The average Bonchev–Trinajstić information content (AvgIpc) is 2.25. The van der Waals surface area contributed by atoms with E-state index in [9.17, 15) is 4.79 Å². The maximum atomic E-state index is 11.0. The van der Waals surface area contributed by atoms with Crippen LogP contribution in [0.15, 0.2) is 0 Å². The molecule has 90 valence electrons. The second-order valence-electron chi connectivity index (χ2n) is 3.97. The Kier molecular flexibility index (Phi) is 10.4. The van der Waals surface area contributed by atoms with Crippen molar-refractivity contribution in [1.29, 1.82) is 0 Å². The summed E-state index contributed by atoms with van der Waals surface area (Å²) >= 11 is 3.09. The molecule has 1 atom stereocenters. The molecule has 3 heteroatoms. The number of hydrogen-bond acceptors (Lipinski definition) is 2. The van der Waals surface area contributed by atoms with Gasteiger partial charge < -0.3 is 4.74 Å². The van der Waals surface area contributed by atoms with E-state index in [-0.39, 0.29) is 5.97 Å². The molecule has 0 aromatic rings. The molecule has 0 radical (unpaired) electrons. The molecule has 0 aliphatic heterocycles. The van der Waals surface area contributed by atoms with E-state index < -0.39 is 0 Å². The molecule has 0 heterocycles. The summed E-state index contributed by atoms with van der Waals surface area (Å²) in [6, 6.07) is 0. The molecule has 0 aliphatic rings. The Balaban J connectivity index is 3.66. The zero-order chi connectivity index (χ0) is 11.5. The van der Waals surface area contributed by atoms with Gasteiger partial charge in [0.1, 0.15) is 5.33 Å². The van der Waals surface area contributed by atoms with Crippen molar-refractivity contribution in [3.63, 3.8) is 0 Å². The number of carbonyl (C=O) groups is 1. The Morgan fingerprint density at radius 3 is 2.47 bits per heavy atom. The third-order valence-corrected chi connectivity index (χ3v) is 2.96. The Hall–Kier alpha value is -0.0500. The van der Waals surface area contributed by atoms with Crippen LogP contribution in [0.1, 0.15) is 52.4 Å². The molecule has 2 nitrogen and oxygen atoms in total. The van der Waals surface area contributed by atoms with Crippen LogP contribution < -0.4 is 0 Å². The number of esters is 1. The number of rotatable bonds is 9. The zero-order valence-corrected chi connectivity index (χ0v) is 11.5. The summed E-state index contributed by atoms with van der Waals surface area (Å²) in [7, 11) is 0. The van der Waals surface area contributed by atoms with E-state index >= 15 is 0 Å². The van der Waals surface area contributed by atoms with E-state index in [4.69, 9.17) is 4.74 Å². The van der Waals surface area contributed by atoms with Crippen LogP contribution in [-0.4, -0.2) is 17.9 Å². The fourth-order valence-electron chi connectivity index (χ4n) is 1.65. The Morgan fingerprint density at radius 2 is 1.93 bits per heavy atom. The third-order valence-electron chi connectivity index (χ3n) is 2.50. The normalized spacial score (nSPS) is 12.5. The molecule has 0 aromatic heterocycles. The van der Waals surface area contributed by atoms with Crippen LogP contribution in [0, 0.1) is 5.92 Å². The highest BCUT2D eigenvalue weighted by Gasteiger charge is 2.10. The minimum Gasteiger partial charge on any atom is -0.465 e. The summed E-state index contributed by atoms with van der Waals surface area (Å²) in [5, 5.41) is 0.306. The maximum Gasteiger partial charge on any atom is 0.316 e. The monoisotopic (exact) mass is 278 g/mol. The maximum absolute atomic E-state index is 11.0. The van der Waals surface area contributed by atoms with Crippen LogP contribution in [0.2, 0.25) is 0 Å². The van der Waals surface area contributed by atoms with Gasteiger partial charge >= 0.3 is 5.97 Å². The van der Waals surface area contributed by atoms with Gasteiger partial charge in [-0.1, -0.05) is 55.5 Å². The SMILES string of the molecule is CCCCCC(CCC)COC(=O)CBr. The van der Waals surface area contributed by atoms with Gasteiger partial charge in [0.25, 0.3) is 0 Å². The fraction of sp³-hybridized carbons (Fsp3) is 0.917. The van der Waals surface area contributed by atoms with Crippen LogP contribution in [0.3, 0.4) is 0 Å². The van der Waals surface area contributed by atoms with Crippen molar-refractivity contribution >= 4 is 21.9 Å². The van der Waals surface area contributed by atoms with Crippen molar-refractivity contribution in [3.05, 3.63) is 0 Å². The summed E-state index contributed by atoms with van der Waals surface area (Å²) in [6.45, 7) is 4.99. The van der Waals surface area contributed by atoms with Crippen molar-refractivity contribution in [2.45, 2.75) is 52.4 Å². The first-order chi connectivity index (χ1) is 7.24. The van der Waals surface area contributed by atoms with Gasteiger partial charge in [-0.15, -0.1) is 0 Å². The number of unbranched alkanes of at least 4 members (excludes halogenated alkanes) is 2. The second-order valence-corrected chi connectivity index (χ2v) is 4.53. The molecule has 0 amide bonds. The van der Waals surface area contributed by atoms with Gasteiger partial charge in [0.15, 0.2) is 0 Å². The molecule has 0 N–H and O–H groups in total. The predicted molar refractivity (Wildman–Crippen MR) is 67.3 cm³/mol. The van der Waals surface area contributed by atoms with E-state index in [1.807, 2.05) is 0 Å². The Bertz CT molecular complexity index is 160. The summed E-state index contributed by atoms with van der Waals surface area (Å²) in [5.41, 5.74) is 0. The number of ether oxygens (including phenoxy) is 1. The lowest BCUT2D eigenvalue weighted by Crippen LogP contribution is -2.14. The summed E-state index contributed by atoms with van der Waals surface area (Å²) < 4.78 is 5.15. The quantitative estimate of drug-likeness (QED) is 0.363. The number of hydrogen-bond donors (Lipinski definition) is 0. The molecule has 1 unspecified atom stereocenters. The molecule has 0 saturated carbocycles. The minimum absolute atomic E-state index is 0.147. The van der Waals surface area contributed by atoms with Crippen LogP contribution in [0.25, 0.3) is 0 Å². The molecule has 0 rings (SSSR count). The standard InChI is InChI=1S/C12H23BrO2/c1-3-5-6-8-11(7-4-2)10-15-12(14)9-13/h11H,3-10H2,1-2H3. The van der Waals surface area contributed by atoms with Crippen molar-refractivity contribution in [2.75, 3.05) is 11.9 Å². The first-order valence-electron chi connectivity index (χ1n) is 5.96. The molecule has 0 aromatic carbocycles. The van der Waals surface area contributed by atoms with E-state index in [1.165, 1.54) is 38.5 Å². The predicted octanol–water partition coefficient (Wildman–Crippen LogP) is 3.92. The fourth-order valence-corrected chi connectivity index (χ4v) is 1.81. The first kappa shape index (κ1) is 14.9. The van der Waals surface area contributed by atoms with E-state index in [0.29, 0.717) is 17.9 Å². The van der Waals surface area contributed by atoms with Crippen molar-refractivity contribution in [1.82, 2.24) is 0 Å². The van der Waals surface area contributed by atoms with Crippen LogP contribution >= 0.6 is 15.9 Å². The van der Waals surface area contributed by atoms with Crippen LogP contribution in [-0.2, 0) is 9.53 Å². The van der Waals surface area contributed by atoms with Crippen molar-refractivity contribution < 1.29 is 9.53 Å². The smallest absolute Gasteiger partial charge is 0.316 e. The van der Waals surface area contributed by atoms with E-state index in [2.05, 4.69) is 29.8 Å². The highest BCUT2D eigenvalue weighted by Crippen LogP contribution is 2.16. The second kappa shape index (κ2) is 10.5. The Morgan fingerprint density at radius 1 is 1.20 bits per heavy atom. The average molecular weight is 279 g/mol. The lowest BCUT2D eigenvalue weighted by Gasteiger charge is -2.15. The van der Waals surface area contributed by atoms with E-state index in [1.54, 1.807) is 0 Å². The third kappa shape index (κ3) is 8.91. The largest absolute Gasteiger partial charge is 0.465 e. The molecule has 0 saturated heterocycles. The molecular formula is C12H23BrO2. The minimum atomic E-state index is -0.147. The molecule has 0 bridgehead atoms. The highest BCUT2D eigenvalue weighted by atomic mass is 79.9. The number of alkyl halides is 1. The zero-order valence-electron chi connectivity index (χ0n) is 9.93. The van der Waals surface area contributed by atoms with Gasteiger partial charge in [0.2, 0.25) is 0 Å².